The van der Waals surface area contributed by atoms with Gasteiger partial charge in [-0.3, -0.25) is 4.79 Å². The highest BCUT2D eigenvalue weighted by Crippen LogP contribution is 2.23. The van der Waals surface area contributed by atoms with Crippen LogP contribution in [0.5, 0.6) is 5.75 Å². The third kappa shape index (κ3) is 7.70. The van der Waals surface area contributed by atoms with E-state index in [0.717, 1.165) is 54.5 Å². The van der Waals surface area contributed by atoms with Crippen LogP contribution in [-0.2, 0) is 16.0 Å². The van der Waals surface area contributed by atoms with Gasteiger partial charge in [0.05, 0.1) is 0 Å². The van der Waals surface area contributed by atoms with Crippen molar-refractivity contribution in [2.45, 2.75) is 65.4 Å². The number of rotatable bonds is 12. The number of esters is 1. The van der Waals surface area contributed by atoms with Crippen LogP contribution in [0.3, 0.4) is 0 Å². The summed E-state index contributed by atoms with van der Waals surface area (Å²) in [7, 11) is 0. The second kappa shape index (κ2) is 12.7. The van der Waals surface area contributed by atoms with Crippen molar-refractivity contribution in [2.75, 3.05) is 6.61 Å². The van der Waals surface area contributed by atoms with Gasteiger partial charge in [-0.05, 0) is 55.2 Å². The van der Waals surface area contributed by atoms with Gasteiger partial charge < -0.3 is 9.47 Å². The molecule has 0 radical (unpaired) electrons. The predicted molar refractivity (Wildman–Crippen MR) is 132 cm³/mol. The van der Waals surface area contributed by atoms with E-state index < -0.39 is 0 Å². The van der Waals surface area contributed by atoms with Gasteiger partial charge in [0.2, 0.25) is 0 Å². The number of hydrogen-bond donors (Lipinski definition) is 0. The molecule has 3 rings (SSSR count). The van der Waals surface area contributed by atoms with Crippen LogP contribution in [0.15, 0.2) is 60.9 Å². The third-order valence-electron chi connectivity index (χ3n) is 5.39. The first kappa shape index (κ1) is 24.4. The summed E-state index contributed by atoms with van der Waals surface area (Å²) in [5, 5.41) is 0. The molecule has 0 fully saturated rings. The fraction of sp³-hybridized carbons (Fsp3) is 0.393. The maximum atomic E-state index is 11.8. The van der Waals surface area contributed by atoms with Gasteiger partial charge in [-0.15, -0.1) is 0 Å². The van der Waals surface area contributed by atoms with E-state index in [4.69, 9.17) is 9.47 Å². The molecule has 1 aromatic heterocycles. The van der Waals surface area contributed by atoms with Crippen LogP contribution in [0.4, 0.5) is 0 Å². The Morgan fingerprint density at radius 3 is 2.15 bits per heavy atom. The Balaban J connectivity index is 1.51. The lowest BCUT2D eigenvalue weighted by molar-refractivity contribution is -0.149. The van der Waals surface area contributed by atoms with E-state index in [0.29, 0.717) is 18.9 Å². The fourth-order valence-electron chi connectivity index (χ4n) is 3.53. The summed E-state index contributed by atoms with van der Waals surface area (Å²) in [6, 6.07) is 16.2. The highest BCUT2D eigenvalue weighted by molar-refractivity contribution is 5.69. The molecule has 0 N–H and O–H groups in total. The average molecular weight is 447 g/mol. The molecule has 0 saturated carbocycles. The molecule has 5 heteroatoms. The SMILES string of the molecule is CCCCCC(=O)OC(C)COc1ccc(-c2ncc(-c3ccc(CCC)cc3)cn2)cc1. The van der Waals surface area contributed by atoms with E-state index in [-0.39, 0.29) is 12.1 Å². The summed E-state index contributed by atoms with van der Waals surface area (Å²) in [5.41, 5.74) is 4.38. The summed E-state index contributed by atoms with van der Waals surface area (Å²) in [6.07, 6.45) is 9.15. The lowest BCUT2D eigenvalue weighted by Gasteiger charge is -2.14. The molecular weight excluding hydrogens is 412 g/mol. The van der Waals surface area contributed by atoms with Gasteiger partial charge in [0.25, 0.3) is 0 Å². The van der Waals surface area contributed by atoms with Crippen molar-refractivity contribution >= 4 is 5.97 Å². The number of benzene rings is 2. The molecule has 5 nitrogen and oxygen atoms in total. The van der Waals surface area contributed by atoms with Gasteiger partial charge >= 0.3 is 5.97 Å². The standard InChI is InChI=1S/C28H34N2O3/c1-4-6-7-9-27(31)33-21(3)20-32-26-16-14-24(15-17-26)28-29-18-25(19-30-28)23-12-10-22(8-5-2)11-13-23/h10-19,21H,4-9,20H2,1-3H3. The van der Waals surface area contributed by atoms with E-state index in [2.05, 4.69) is 48.1 Å². The van der Waals surface area contributed by atoms with Crippen LogP contribution >= 0.6 is 0 Å². The first-order valence-electron chi connectivity index (χ1n) is 11.9. The predicted octanol–water partition coefficient (Wildman–Crippen LogP) is 6.65. The maximum Gasteiger partial charge on any atom is 0.306 e. The number of carbonyl (C=O) groups excluding carboxylic acids is 1. The number of nitrogens with zero attached hydrogens (tertiary/aromatic N) is 2. The van der Waals surface area contributed by atoms with E-state index in [1.54, 1.807) is 0 Å². The van der Waals surface area contributed by atoms with Crippen molar-refractivity contribution in [1.82, 2.24) is 9.97 Å². The van der Waals surface area contributed by atoms with Gasteiger partial charge in [0.1, 0.15) is 18.5 Å². The molecule has 1 atom stereocenters. The van der Waals surface area contributed by atoms with Gasteiger partial charge in [0.15, 0.2) is 5.82 Å². The fourth-order valence-corrected chi connectivity index (χ4v) is 3.53. The summed E-state index contributed by atoms with van der Waals surface area (Å²) in [6.45, 7) is 6.47. The summed E-state index contributed by atoms with van der Waals surface area (Å²) >= 11 is 0. The number of ether oxygens (including phenoxy) is 2. The molecule has 0 bridgehead atoms. The molecule has 2 aromatic carbocycles. The Morgan fingerprint density at radius 2 is 1.52 bits per heavy atom. The van der Waals surface area contributed by atoms with Gasteiger partial charge in [-0.25, -0.2) is 9.97 Å². The van der Waals surface area contributed by atoms with Crippen LogP contribution in [0, 0.1) is 0 Å². The van der Waals surface area contributed by atoms with Crippen molar-refractivity contribution in [1.29, 1.82) is 0 Å². The van der Waals surface area contributed by atoms with Gasteiger partial charge in [-0.2, -0.15) is 0 Å². The van der Waals surface area contributed by atoms with E-state index in [9.17, 15) is 4.79 Å². The molecule has 0 spiro atoms. The molecule has 1 unspecified atom stereocenters. The largest absolute Gasteiger partial charge is 0.490 e. The molecule has 174 valence electrons. The summed E-state index contributed by atoms with van der Waals surface area (Å²) < 4.78 is 11.2. The van der Waals surface area contributed by atoms with Crippen molar-refractivity contribution < 1.29 is 14.3 Å². The topological polar surface area (TPSA) is 61.3 Å². The molecule has 0 aliphatic rings. The smallest absolute Gasteiger partial charge is 0.306 e. The van der Waals surface area contributed by atoms with Crippen molar-refractivity contribution in [2.24, 2.45) is 0 Å². The van der Waals surface area contributed by atoms with Crippen LogP contribution in [0.25, 0.3) is 22.5 Å². The van der Waals surface area contributed by atoms with Crippen LogP contribution in [-0.4, -0.2) is 28.6 Å². The Morgan fingerprint density at radius 1 is 0.848 bits per heavy atom. The maximum absolute atomic E-state index is 11.8. The molecule has 1 heterocycles. The highest BCUT2D eigenvalue weighted by atomic mass is 16.6. The molecule has 0 aliphatic heterocycles. The summed E-state index contributed by atoms with van der Waals surface area (Å²) in [5.74, 6) is 1.23. The van der Waals surface area contributed by atoms with Gasteiger partial charge in [-0.1, -0.05) is 57.4 Å². The zero-order valence-electron chi connectivity index (χ0n) is 19.9. The quantitative estimate of drug-likeness (QED) is 0.230. The molecule has 0 amide bonds. The lowest BCUT2D eigenvalue weighted by atomic mass is 10.0. The Labute approximate surface area is 197 Å². The Hall–Kier alpha value is -3.21. The highest BCUT2D eigenvalue weighted by Gasteiger charge is 2.10. The number of aromatic nitrogens is 2. The molecular formula is C28H34N2O3. The van der Waals surface area contributed by atoms with Crippen LogP contribution in [0.1, 0.15) is 58.4 Å². The minimum atomic E-state index is -0.286. The second-order valence-corrected chi connectivity index (χ2v) is 8.34. The van der Waals surface area contributed by atoms with E-state index in [1.165, 1.54) is 5.56 Å². The van der Waals surface area contributed by atoms with E-state index in [1.807, 2.05) is 43.6 Å². The second-order valence-electron chi connectivity index (χ2n) is 8.34. The number of unbranched alkanes of at least 4 members (excludes halogenated alkanes) is 2. The minimum absolute atomic E-state index is 0.160. The number of aryl methyl sites for hydroxylation is 1. The van der Waals surface area contributed by atoms with E-state index >= 15 is 0 Å². The minimum Gasteiger partial charge on any atom is -0.490 e. The molecule has 0 saturated heterocycles. The van der Waals surface area contributed by atoms with Crippen LogP contribution in [0.2, 0.25) is 0 Å². The molecule has 33 heavy (non-hydrogen) atoms. The van der Waals surface area contributed by atoms with Crippen molar-refractivity contribution in [3.8, 4) is 28.3 Å². The van der Waals surface area contributed by atoms with Gasteiger partial charge in [0, 0.05) is 29.9 Å². The number of carbonyl (C=O) groups is 1. The Bertz CT molecular complexity index is 983. The first-order chi connectivity index (χ1) is 16.1. The summed E-state index contributed by atoms with van der Waals surface area (Å²) in [4.78, 5) is 20.9. The first-order valence-corrected chi connectivity index (χ1v) is 11.9. The van der Waals surface area contributed by atoms with Crippen molar-refractivity contribution in [3.63, 3.8) is 0 Å². The van der Waals surface area contributed by atoms with Crippen LogP contribution < -0.4 is 4.74 Å². The normalized spacial score (nSPS) is 11.7. The molecule has 0 aliphatic carbocycles. The molecule has 3 aromatic rings. The monoisotopic (exact) mass is 446 g/mol. The Kier molecular flexibility index (Phi) is 9.43. The lowest BCUT2D eigenvalue weighted by Crippen LogP contribution is -2.21. The zero-order chi connectivity index (χ0) is 23.5. The average Bonchev–Trinajstić information content (AvgIpc) is 2.84. The third-order valence-corrected chi connectivity index (χ3v) is 5.39. The number of hydrogen-bond acceptors (Lipinski definition) is 5. The van der Waals surface area contributed by atoms with Crippen molar-refractivity contribution in [3.05, 3.63) is 66.5 Å². The zero-order valence-corrected chi connectivity index (χ0v) is 19.9.